The zero-order valence-corrected chi connectivity index (χ0v) is 19.7. The highest BCUT2D eigenvalue weighted by Gasteiger charge is 2.22. The van der Waals surface area contributed by atoms with Crippen molar-refractivity contribution in [2.75, 3.05) is 52.4 Å². The minimum Gasteiger partial charge on any atom is -0.493 e. The SMILES string of the molecule is COc1cc(/C=C\C(=O)N2CCN(c3nc4ccc(Cl)cc4s3)CC2)cc(OC)c1OC. The molecule has 1 aromatic heterocycles. The normalized spacial score (nSPS) is 14.2. The predicted octanol–water partition coefficient (Wildman–Crippen LogP) is 4.34. The summed E-state index contributed by atoms with van der Waals surface area (Å²) in [6, 6.07) is 9.34. The third-order valence-corrected chi connectivity index (χ3v) is 6.62. The minimum atomic E-state index is -0.0329. The second kappa shape index (κ2) is 9.67. The molecular formula is C23H24ClN3O4S. The maximum atomic E-state index is 12.7. The van der Waals surface area contributed by atoms with Crippen molar-refractivity contribution >= 4 is 50.3 Å². The third kappa shape index (κ3) is 4.61. The summed E-state index contributed by atoms with van der Waals surface area (Å²) in [5, 5.41) is 1.67. The molecule has 0 spiro atoms. The van der Waals surface area contributed by atoms with Crippen LogP contribution in [0.15, 0.2) is 36.4 Å². The number of hydrogen-bond donors (Lipinski definition) is 0. The summed E-state index contributed by atoms with van der Waals surface area (Å²) in [7, 11) is 4.69. The van der Waals surface area contributed by atoms with E-state index in [1.165, 1.54) is 0 Å². The van der Waals surface area contributed by atoms with Crippen molar-refractivity contribution in [3.8, 4) is 17.2 Å². The first-order valence-electron chi connectivity index (χ1n) is 10.1. The molecule has 1 fully saturated rings. The Balaban J connectivity index is 1.40. The van der Waals surface area contributed by atoms with Crippen LogP contribution in [0.4, 0.5) is 5.13 Å². The lowest BCUT2D eigenvalue weighted by Crippen LogP contribution is -2.48. The molecule has 2 heterocycles. The average molecular weight is 474 g/mol. The molecule has 1 aliphatic heterocycles. The number of ether oxygens (including phenoxy) is 3. The molecule has 0 bridgehead atoms. The van der Waals surface area contributed by atoms with Crippen LogP contribution in [0.25, 0.3) is 16.3 Å². The largest absolute Gasteiger partial charge is 0.493 e. The number of nitrogens with zero attached hydrogens (tertiary/aromatic N) is 3. The summed E-state index contributed by atoms with van der Waals surface area (Å²) < 4.78 is 17.2. The summed E-state index contributed by atoms with van der Waals surface area (Å²) in [6.07, 6.45) is 3.34. The van der Waals surface area contributed by atoms with E-state index in [0.717, 1.165) is 34.0 Å². The number of amides is 1. The molecule has 0 radical (unpaired) electrons. The van der Waals surface area contributed by atoms with Crippen LogP contribution < -0.4 is 19.1 Å². The zero-order chi connectivity index (χ0) is 22.7. The van der Waals surface area contributed by atoms with Gasteiger partial charge < -0.3 is 24.0 Å². The molecular weight excluding hydrogens is 450 g/mol. The fourth-order valence-electron chi connectivity index (χ4n) is 3.61. The molecule has 168 valence electrons. The molecule has 7 nitrogen and oxygen atoms in total. The second-order valence-electron chi connectivity index (χ2n) is 7.21. The lowest BCUT2D eigenvalue weighted by Gasteiger charge is -2.34. The maximum Gasteiger partial charge on any atom is 0.246 e. The van der Waals surface area contributed by atoms with Gasteiger partial charge in [-0.05, 0) is 42.0 Å². The van der Waals surface area contributed by atoms with E-state index in [-0.39, 0.29) is 5.91 Å². The van der Waals surface area contributed by atoms with Gasteiger partial charge in [0.1, 0.15) is 0 Å². The van der Waals surface area contributed by atoms with Crippen molar-refractivity contribution in [1.29, 1.82) is 0 Å². The summed E-state index contributed by atoms with van der Waals surface area (Å²) in [6.45, 7) is 2.73. The van der Waals surface area contributed by atoms with E-state index in [1.54, 1.807) is 44.8 Å². The fraction of sp³-hybridized carbons (Fsp3) is 0.304. The van der Waals surface area contributed by atoms with Crippen molar-refractivity contribution in [3.63, 3.8) is 0 Å². The van der Waals surface area contributed by atoms with Gasteiger partial charge in [-0.2, -0.15) is 0 Å². The number of fused-ring (bicyclic) bond motifs is 1. The van der Waals surface area contributed by atoms with Crippen LogP contribution in [0.5, 0.6) is 17.2 Å². The van der Waals surface area contributed by atoms with Crippen molar-refractivity contribution in [1.82, 2.24) is 9.88 Å². The van der Waals surface area contributed by atoms with E-state index in [0.29, 0.717) is 35.4 Å². The van der Waals surface area contributed by atoms with E-state index in [1.807, 2.05) is 35.2 Å². The zero-order valence-electron chi connectivity index (χ0n) is 18.1. The van der Waals surface area contributed by atoms with Crippen LogP contribution >= 0.6 is 22.9 Å². The number of benzene rings is 2. The average Bonchev–Trinajstić information content (AvgIpc) is 3.25. The van der Waals surface area contributed by atoms with Crippen molar-refractivity contribution in [3.05, 3.63) is 47.0 Å². The smallest absolute Gasteiger partial charge is 0.246 e. The molecule has 0 aliphatic carbocycles. The predicted molar refractivity (Wildman–Crippen MR) is 129 cm³/mol. The number of carbonyl (C=O) groups is 1. The summed E-state index contributed by atoms with van der Waals surface area (Å²) >= 11 is 7.71. The lowest BCUT2D eigenvalue weighted by molar-refractivity contribution is -0.126. The van der Waals surface area contributed by atoms with E-state index >= 15 is 0 Å². The maximum absolute atomic E-state index is 12.7. The number of anilines is 1. The molecule has 32 heavy (non-hydrogen) atoms. The van der Waals surface area contributed by atoms with Gasteiger partial charge in [0.25, 0.3) is 0 Å². The van der Waals surface area contributed by atoms with Crippen molar-refractivity contribution in [2.24, 2.45) is 0 Å². The van der Waals surface area contributed by atoms with Gasteiger partial charge in [0.05, 0.1) is 31.5 Å². The van der Waals surface area contributed by atoms with Gasteiger partial charge in [-0.3, -0.25) is 4.79 Å². The van der Waals surface area contributed by atoms with Gasteiger partial charge >= 0.3 is 0 Å². The lowest BCUT2D eigenvalue weighted by atomic mass is 10.1. The van der Waals surface area contributed by atoms with Crippen LogP contribution in [0.1, 0.15) is 5.56 Å². The molecule has 1 aliphatic rings. The Morgan fingerprint density at radius 1 is 1.03 bits per heavy atom. The summed E-state index contributed by atoms with van der Waals surface area (Å²) in [4.78, 5) is 21.5. The Morgan fingerprint density at radius 3 is 2.34 bits per heavy atom. The van der Waals surface area contributed by atoms with E-state index in [9.17, 15) is 4.79 Å². The highest BCUT2D eigenvalue weighted by Crippen LogP contribution is 2.38. The van der Waals surface area contributed by atoms with Crippen LogP contribution in [-0.2, 0) is 4.79 Å². The number of methoxy groups -OCH3 is 3. The van der Waals surface area contributed by atoms with E-state index in [4.69, 9.17) is 30.8 Å². The standard InChI is InChI=1S/C23H24ClN3O4S/c1-29-18-12-15(13-19(30-2)22(18)31-3)4-7-21(28)26-8-10-27(11-9-26)23-25-17-6-5-16(24)14-20(17)32-23/h4-7,12-14H,8-11H2,1-3H3/b7-4-. The van der Waals surface area contributed by atoms with Crippen molar-refractivity contribution < 1.29 is 19.0 Å². The fourth-order valence-corrected chi connectivity index (χ4v) is 4.90. The molecule has 9 heteroatoms. The molecule has 0 unspecified atom stereocenters. The minimum absolute atomic E-state index is 0.0329. The third-order valence-electron chi connectivity index (χ3n) is 5.31. The Kier molecular flexibility index (Phi) is 6.72. The number of hydrogen-bond acceptors (Lipinski definition) is 7. The highest BCUT2D eigenvalue weighted by molar-refractivity contribution is 7.22. The number of rotatable bonds is 6. The number of piperazine rings is 1. The molecule has 0 atom stereocenters. The first-order valence-corrected chi connectivity index (χ1v) is 11.3. The van der Waals surface area contributed by atoms with Gasteiger partial charge in [-0.25, -0.2) is 4.98 Å². The molecule has 4 rings (SSSR count). The Bertz CT molecular complexity index is 1130. The van der Waals surface area contributed by atoms with Crippen molar-refractivity contribution in [2.45, 2.75) is 0 Å². The summed E-state index contributed by atoms with van der Waals surface area (Å²) in [5.41, 5.74) is 1.74. The Labute approximate surface area is 195 Å². The molecule has 2 aromatic carbocycles. The van der Waals surface area contributed by atoms with Crippen LogP contribution in [0.2, 0.25) is 5.02 Å². The Hall–Kier alpha value is -2.97. The molecule has 0 N–H and O–H groups in total. The number of halogens is 1. The van der Waals surface area contributed by atoms with Gasteiger partial charge in [0, 0.05) is 37.3 Å². The first-order chi connectivity index (χ1) is 15.5. The number of thiazole rings is 1. The van der Waals surface area contributed by atoms with Gasteiger partial charge in [0.15, 0.2) is 16.6 Å². The van der Waals surface area contributed by atoms with Gasteiger partial charge in [0.2, 0.25) is 11.7 Å². The topological polar surface area (TPSA) is 64.1 Å². The van der Waals surface area contributed by atoms with E-state index in [2.05, 4.69) is 4.90 Å². The molecule has 3 aromatic rings. The monoisotopic (exact) mass is 473 g/mol. The van der Waals surface area contributed by atoms with Crippen LogP contribution in [-0.4, -0.2) is 63.3 Å². The molecule has 1 amide bonds. The second-order valence-corrected chi connectivity index (χ2v) is 8.66. The van der Waals surface area contributed by atoms with Gasteiger partial charge in [-0.15, -0.1) is 0 Å². The highest BCUT2D eigenvalue weighted by atomic mass is 35.5. The molecule has 1 saturated heterocycles. The first kappa shape index (κ1) is 22.2. The van der Waals surface area contributed by atoms with Crippen LogP contribution in [0.3, 0.4) is 0 Å². The summed E-state index contributed by atoms with van der Waals surface area (Å²) in [5.74, 6) is 1.58. The number of aromatic nitrogens is 1. The van der Waals surface area contributed by atoms with Crippen LogP contribution in [0, 0.1) is 0 Å². The number of carbonyl (C=O) groups excluding carboxylic acids is 1. The Morgan fingerprint density at radius 2 is 1.72 bits per heavy atom. The van der Waals surface area contributed by atoms with Gasteiger partial charge in [-0.1, -0.05) is 22.9 Å². The molecule has 0 saturated carbocycles. The van der Waals surface area contributed by atoms with E-state index < -0.39 is 0 Å². The quantitative estimate of drug-likeness (QED) is 0.496.